The van der Waals surface area contributed by atoms with Gasteiger partial charge < -0.3 is 9.47 Å². The molecule has 6 nitrogen and oxygen atoms in total. The first-order valence-corrected chi connectivity index (χ1v) is 12.1. The van der Waals surface area contributed by atoms with Gasteiger partial charge >= 0.3 is 0 Å². The molecule has 2 aliphatic rings. The van der Waals surface area contributed by atoms with Crippen LogP contribution in [0.4, 0.5) is 0 Å². The average molecular weight is 487 g/mol. The van der Waals surface area contributed by atoms with Gasteiger partial charge in [-0.2, -0.15) is 0 Å². The predicted molar refractivity (Wildman–Crippen MR) is 130 cm³/mol. The molecule has 3 aromatic rings. The molecule has 2 heterocycles. The first kappa shape index (κ1) is 22.7. The van der Waals surface area contributed by atoms with Gasteiger partial charge in [0, 0.05) is 34.4 Å². The van der Waals surface area contributed by atoms with Gasteiger partial charge in [0.1, 0.15) is 23.5 Å². The summed E-state index contributed by atoms with van der Waals surface area (Å²) in [7, 11) is 1.77. The second-order valence-corrected chi connectivity index (χ2v) is 9.72. The summed E-state index contributed by atoms with van der Waals surface area (Å²) < 4.78 is 14.2. The van der Waals surface area contributed by atoms with Gasteiger partial charge in [0.15, 0.2) is 0 Å². The second-order valence-electron chi connectivity index (χ2n) is 8.88. The second kappa shape index (κ2) is 9.26. The molecule has 0 saturated carbocycles. The number of rotatable bonds is 6. The van der Waals surface area contributed by atoms with Crippen LogP contribution >= 0.6 is 23.2 Å². The molecule has 33 heavy (non-hydrogen) atoms. The van der Waals surface area contributed by atoms with Crippen molar-refractivity contribution in [1.29, 1.82) is 0 Å². The van der Waals surface area contributed by atoms with Crippen LogP contribution in [0, 0.1) is 13.8 Å². The number of aromatic nitrogens is 3. The van der Waals surface area contributed by atoms with Crippen molar-refractivity contribution < 1.29 is 9.47 Å². The quantitative estimate of drug-likeness (QED) is 0.470. The lowest BCUT2D eigenvalue weighted by atomic mass is 10.1. The fourth-order valence-corrected chi connectivity index (χ4v) is 5.96. The van der Waals surface area contributed by atoms with Gasteiger partial charge in [0.2, 0.25) is 0 Å². The molecule has 0 radical (unpaired) electrons. The van der Waals surface area contributed by atoms with Gasteiger partial charge in [-0.3, -0.25) is 9.47 Å². The molecule has 0 amide bonds. The van der Waals surface area contributed by atoms with Crippen molar-refractivity contribution in [3.05, 3.63) is 69.2 Å². The largest absolute Gasteiger partial charge is 0.484 e. The summed E-state index contributed by atoms with van der Waals surface area (Å²) in [6.07, 6.45) is 2.98. The Bertz CT molecular complexity index is 1130. The number of benzene rings is 2. The molecule has 5 rings (SSSR count). The summed E-state index contributed by atoms with van der Waals surface area (Å²) in [6.45, 7) is 5.65. The highest BCUT2D eigenvalue weighted by molar-refractivity contribution is 6.35. The number of aryl methyl sites for hydroxylation is 2. The molecule has 2 aromatic carbocycles. The molecule has 1 saturated heterocycles. The first-order chi connectivity index (χ1) is 16.0. The lowest BCUT2D eigenvalue weighted by molar-refractivity contribution is 0.0390. The van der Waals surface area contributed by atoms with Crippen LogP contribution < -0.4 is 4.74 Å². The number of ether oxygens (including phenoxy) is 2. The third-order valence-electron chi connectivity index (χ3n) is 6.82. The molecule has 8 heteroatoms. The van der Waals surface area contributed by atoms with Crippen LogP contribution in [-0.4, -0.2) is 52.0 Å². The fourth-order valence-electron chi connectivity index (χ4n) is 5.38. The summed E-state index contributed by atoms with van der Waals surface area (Å²) in [4.78, 5) is 2.54. The average Bonchev–Trinajstić information content (AvgIpc) is 3.47. The standard InChI is InChI=1S/C25H28Cl2N4O2/c1-15-28-29-16(2)31(15)18-6-8-20(9-7-18)33-25-22-11-17(26)12-23(27)21(22)13-24(25)30-10-4-5-19(30)14-32-3/h6-9,11-12,19,24-25H,4-5,10,13-14H2,1-3H3/t19-,24+,25-/m0/s1. The van der Waals surface area contributed by atoms with Crippen molar-refractivity contribution in [2.24, 2.45) is 0 Å². The van der Waals surface area contributed by atoms with Crippen molar-refractivity contribution in [1.82, 2.24) is 19.7 Å². The fraction of sp³-hybridized carbons (Fsp3) is 0.440. The Morgan fingerprint density at radius 1 is 1.06 bits per heavy atom. The topological polar surface area (TPSA) is 52.4 Å². The van der Waals surface area contributed by atoms with E-state index in [0.29, 0.717) is 16.1 Å². The van der Waals surface area contributed by atoms with E-state index in [4.69, 9.17) is 32.7 Å². The summed E-state index contributed by atoms with van der Waals surface area (Å²) >= 11 is 13.0. The predicted octanol–water partition coefficient (Wildman–Crippen LogP) is 5.35. The number of hydrogen-bond donors (Lipinski definition) is 0. The van der Waals surface area contributed by atoms with E-state index in [1.807, 2.05) is 54.8 Å². The monoisotopic (exact) mass is 486 g/mol. The van der Waals surface area contributed by atoms with E-state index in [0.717, 1.165) is 66.6 Å². The Kier molecular flexibility index (Phi) is 6.36. The van der Waals surface area contributed by atoms with Crippen LogP contribution in [0.25, 0.3) is 5.69 Å². The number of halogens is 2. The Morgan fingerprint density at radius 2 is 1.79 bits per heavy atom. The number of nitrogens with zero attached hydrogens (tertiary/aromatic N) is 4. The van der Waals surface area contributed by atoms with Gasteiger partial charge in [-0.05, 0) is 81.6 Å². The molecule has 0 unspecified atom stereocenters. The molecule has 1 fully saturated rings. The maximum Gasteiger partial charge on any atom is 0.140 e. The van der Waals surface area contributed by atoms with E-state index < -0.39 is 0 Å². The zero-order valence-electron chi connectivity index (χ0n) is 19.1. The van der Waals surface area contributed by atoms with E-state index in [9.17, 15) is 0 Å². The minimum Gasteiger partial charge on any atom is -0.484 e. The highest BCUT2D eigenvalue weighted by atomic mass is 35.5. The van der Waals surface area contributed by atoms with Crippen LogP contribution in [0.2, 0.25) is 10.0 Å². The van der Waals surface area contributed by atoms with Crippen LogP contribution in [0.3, 0.4) is 0 Å². The molecular weight excluding hydrogens is 459 g/mol. The maximum atomic E-state index is 6.66. The molecule has 0 bridgehead atoms. The first-order valence-electron chi connectivity index (χ1n) is 11.3. The van der Waals surface area contributed by atoms with E-state index in [2.05, 4.69) is 15.1 Å². The van der Waals surface area contributed by atoms with Crippen molar-refractivity contribution in [2.45, 2.75) is 51.3 Å². The summed E-state index contributed by atoms with van der Waals surface area (Å²) in [5.74, 6) is 2.52. The zero-order chi connectivity index (χ0) is 23.1. The molecular formula is C25H28Cl2N4O2. The Morgan fingerprint density at radius 3 is 2.48 bits per heavy atom. The van der Waals surface area contributed by atoms with Crippen LogP contribution in [0.15, 0.2) is 36.4 Å². The van der Waals surface area contributed by atoms with E-state index >= 15 is 0 Å². The normalized spacial score (nSPS) is 22.6. The Hall–Kier alpha value is -2.12. The van der Waals surface area contributed by atoms with Crippen LogP contribution in [-0.2, 0) is 11.2 Å². The van der Waals surface area contributed by atoms with Crippen molar-refractivity contribution >= 4 is 23.2 Å². The number of methoxy groups -OCH3 is 1. The molecule has 1 aliphatic heterocycles. The SMILES string of the molecule is COC[C@@H]1CCCN1[C@@H]1Cc2c(Cl)cc(Cl)cc2[C@@H]1Oc1ccc(-n2c(C)nnc2C)cc1. The number of likely N-dealkylation sites (tertiary alicyclic amines) is 1. The summed E-state index contributed by atoms with van der Waals surface area (Å²) in [6, 6.07) is 12.5. The Balaban J connectivity index is 1.46. The van der Waals surface area contributed by atoms with Crippen molar-refractivity contribution in [2.75, 3.05) is 20.3 Å². The molecule has 1 aromatic heterocycles. The van der Waals surface area contributed by atoms with Gasteiger partial charge in [0.25, 0.3) is 0 Å². The number of fused-ring (bicyclic) bond motifs is 1. The third kappa shape index (κ3) is 4.26. The van der Waals surface area contributed by atoms with Crippen LogP contribution in [0.1, 0.15) is 41.7 Å². The minimum atomic E-state index is -0.155. The summed E-state index contributed by atoms with van der Waals surface area (Å²) in [5, 5.41) is 9.66. The van der Waals surface area contributed by atoms with Gasteiger partial charge in [-0.25, -0.2) is 0 Å². The van der Waals surface area contributed by atoms with Crippen molar-refractivity contribution in [3.63, 3.8) is 0 Å². The molecule has 1 aliphatic carbocycles. The molecule has 174 valence electrons. The van der Waals surface area contributed by atoms with Gasteiger partial charge in [-0.1, -0.05) is 23.2 Å². The highest BCUT2D eigenvalue weighted by Crippen LogP contribution is 2.44. The van der Waals surface area contributed by atoms with E-state index in [1.54, 1.807) is 7.11 Å². The lowest BCUT2D eigenvalue weighted by Gasteiger charge is -2.34. The molecule has 3 atom stereocenters. The van der Waals surface area contributed by atoms with E-state index in [-0.39, 0.29) is 12.1 Å². The summed E-state index contributed by atoms with van der Waals surface area (Å²) in [5.41, 5.74) is 3.22. The maximum absolute atomic E-state index is 6.66. The Labute approximate surface area is 204 Å². The third-order valence-corrected chi connectivity index (χ3v) is 7.37. The van der Waals surface area contributed by atoms with Gasteiger partial charge in [-0.15, -0.1) is 10.2 Å². The highest BCUT2D eigenvalue weighted by Gasteiger charge is 2.43. The van der Waals surface area contributed by atoms with Crippen molar-refractivity contribution in [3.8, 4) is 11.4 Å². The van der Waals surface area contributed by atoms with E-state index in [1.165, 1.54) is 0 Å². The number of hydrogen-bond acceptors (Lipinski definition) is 5. The smallest absolute Gasteiger partial charge is 0.140 e. The van der Waals surface area contributed by atoms with Crippen LogP contribution in [0.5, 0.6) is 5.75 Å². The molecule has 0 spiro atoms. The zero-order valence-corrected chi connectivity index (χ0v) is 20.6. The minimum absolute atomic E-state index is 0.155. The van der Waals surface area contributed by atoms with Gasteiger partial charge in [0.05, 0.1) is 12.6 Å². The molecule has 0 N–H and O–H groups in total. The lowest BCUT2D eigenvalue weighted by Crippen LogP contribution is -2.44.